The molecule has 90 valence electrons. The van der Waals surface area contributed by atoms with Gasteiger partial charge in [-0.15, -0.1) is 0 Å². The molecule has 1 rings (SSSR count). The number of rotatable bonds is 5. The first-order chi connectivity index (χ1) is 7.11. The molecule has 1 atom stereocenters. The molecule has 0 amide bonds. The molecule has 0 aromatic rings. The summed E-state index contributed by atoms with van der Waals surface area (Å²) in [6, 6.07) is 1.20. The third kappa shape index (κ3) is 4.52. The van der Waals surface area contributed by atoms with E-state index in [0.717, 1.165) is 12.5 Å². The minimum atomic E-state index is 0.371. The third-order valence-corrected chi connectivity index (χ3v) is 3.87. The zero-order valence-electron chi connectivity index (χ0n) is 10.7. The molecule has 0 bridgehead atoms. The summed E-state index contributed by atoms with van der Waals surface area (Å²) < 4.78 is 0. The summed E-state index contributed by atoms with van der Waals surface area (Å²) in [4.78, 5) is 2.53. The van der Waals surface area contributed by atoms with Crippen molar-refractivity contribution in [1.29, 1.82) is 0 Å². The van der Waals surface area contributed by atoms with Crippen LogP contribution in [-0.4, -0.2) is 30.6 Å². The maximum Gasteiger partial charge on any atom is 0.00922 e. The molecule has 2 nitrogen and oxygen atoms in total. The van der Waals surface area contributed by atoms with Gasteiger partial charge in [0.15, 0.2) is 0 Å². The van der Waals surface area contributed by atoms with Gasteiger partial charge in [-0.2, -0.15) is 0 Å². The lowest BCUT2D eigenvalue weighted by Crippen LogP contribution is -2.37. The molecule has 15 heavy (non-hydrogen) atoms. The minimum Gasteiger partial charge on any atom is -0.327 e. The molecule has 0 aromatic carbocycles. The normalized spacial score (nSPS) is 21.2. The summed E-state index contributed by atoms with van der Waals surface area (Å²) in [6.45, 7) is 5.60. The summed E-state index contributed by atoms with van der Waals surface area (Å²) in [5.74, 6) is 0.616. The molecule has 1 fully saturated rings. The van der Waals surface area contributed by atoms with Crippen LogP contribution in [0.3, 0.4) is 0 Å². The van der Waals surface area contributed by atoms with Crippen LogP contribution in [0.2, 0.25) is 0 Å². The maximum absolute atomic E-state index is 6.07. The second kappa shape index (κ2) is 6.49. The summed E-state index contributed by atoms with van der Waals surface area (Å²) >= 11 is 0. The second-order valence-corrected chi connectivity index (χ2v) is 5.47. The maximum atomic E-state index is 6.07. The van der Waals surface area contributed by atoms with Gasteiger partial charge < -0.3 is 10.6 Å². The summed E-state index contributed by atoms with van der Waals surface area (Å²) in [5, 5.41) is 0. The first-order valence-corrected chi connectivity index (χ1v) is 6.57. The Kier molecular flexibility index (Phi) is 5.62. The van der Waals surface area contributed by atoms with Crippen molar-refractivity contribution in [3.8, 4) is 0 Å². The highest BCUT2D eigenvalue weighted by atomic mass is 15.1. The zero-order chi connectivity index (χ0) is 11.3. The predicted molar refractivity (Wildman–Crippen MR) is 66.9 cm³/mol. The summed E-state index contributed by atoms with van der Waals surface area (Å²) in [6.07, 6.45) is 8.22. The van der Waals surface area contributed by atoms with E-state index in [4.69, 9.17) is 5.73 Å². The van der Waals surface area contributed by atoms with Gasteiger partial charge in [0.1, 0.15) is 0 Å². The second-order valence-electron chi connectivity index (χ2n) is 5.47. The van der Waals surface area contributed by atoms with E-state index in [0.29, 0.717) is 12.0 Å². The lowest BCUT2D eigenvalue weighted by Gasteiger charge is -2.32. The third-order valence-electron chi connectivity index (χ3n) is 3.87. The van der Waals surface area contributed by atoms with Crippen LogP contribution in [-0.2, 0) is 0 Å². The Morgan fingerprint density at radius 2 is 1.80 bits per heavy atom. The van der Waals surface area contributed by atoms with Crippen molar-refractivity contribution in [2.45, 2.75) is 64.5 Å². The molecule has 2 heteroatoms. The quantitative estimate of drug-likeness (QED) is 0.759. The Morgan fingerprint density at radius 1 is 1.20 bits per heavy atom. The van der Waals surface area contributed by atoms with Crippen LogP contribution in [0.1, 0.15) is 52.4 Å². The van der Waals surface area contributed by atoms with E-state index in [1.54, 1.807) is 0 Å². The van der Waals surface area contributed by atoms with Crippen LogP contribution in [0.25, 0.3) is 0 Å². The van der Waals surface area contributed by atoms with Gasteiger partial charge >= 0.3 is 0 Å². The Morgan fingerprint density at radius 3 is 2.33 bits per heavy atom. The molecule has 1 saturated carbocycles. The monoisotopic (exact) mass is 212 g/mol. The van der Waals surface area contributed by atoms with Gasteiger partial charge in [-0.1, -0.05) is 33.1 Å². The van der Waals surface area contributed by atoms with Gasteiger partial charge in [0, 0.05) is 12.1 Å². The van der Waals surface area contributed by atoms with Crippen LogP contribution in [0.5, 0.6) is 0 Å². The molecule has 0 heterocycles. The van der Waals surface area contributed by atoms with Gasteiger partial charge in [-0.3, -0.25) is 0 Å². The van der Waals surface area contributed by atoms with E-state index in [-0.39, 0.29) is 0 Å². The SMILES string of the molecule is CC(C)C(N)CCN(C)C1CCCCC1. The lowest BCUT2D eigenvalue weighted by molar-refractivity contribution is 0.183. The molecule has 2 N–H and O–H groups in total. The van der Waals surface area contributed by atoms with Gasteiger partial charge in [0.25, 0.3) is 0 Å². The highest BCUT2D eigenvalue weighted by molar-refractivity contribution is 4.75. The molecule has 0 spiro atoms. The lowest BCUT2D eigenvalue weighted by atomic mass is 9.94. The standard InChI is InChI=1S/C13H28N2/c1-11(2)13(14)9-10-15(3)12-7-5-4-6-8-12/h11-13H,4-10,14H2,1-3H3. The molecule has 0 aliphatic heterocycles. The molecule has 0 saturated heterocycles. The van der Waals surface area contributed by atoms with Crippen molar-refractivity contribution in [2.75, 3.05) is 13.6 Å². The molecule has 1 unspecified atom stereocenters. The van der Waals surface area contributed by atoms with E-state index in [1.807, 2.05) is 0 Å². The zero-order valence-corrected chi connectivity index (χ0v) is 10.7. The topological polar surface area (TPSA) is 29.3 Å². The largest absolute Gasteiger partial charge is 0.327 e. The number of nitrogens with zero attached hydrogens (tertiary/aromatic N) is 1. The highest BCUT2D eigenvalue weighted by Crippen LogP contribution is 2.21. The van der Waals surface area contributed by atoms with Crippen LogP contribution in [0.15, 0.2) is 0 Å². The van der Waals surface area contributed by atoms with Crippen molar-refractivity contribution in [1.82, 2.24) is 4.90 Å². The molecule has 1 aliphatic carbocycles. The van der Waals surface area contributed by atoms with Crippen molar-refractivity contribution in [3.63, 3.8) is 0 Å². The van der Waals surface area contributed by atoms with Gasteiger partial charge in [0.05, 0.1) is 0 Å². The smallest absolute Gasteiger partial charge is 0.00922 e. The predicted octanol–water partition coefficient (Wildman–Crippen LogP) is 2.62. The Balaban J connectivity index is 2.19. The van der Waals surface area contributed by atoms with E-state index in [2.05, 4.69) is 25.8 Å². The summed E-state index contributed by atoms with van der Waals surface area (Å²) in [5.41, 5.74) is 6.07. The number of hydrogen-bond acceptors (Lipinski definition) is 2. The van der Waals surface area contributed by atoms with Crippen molar-refractivity contribution < 1.29 is 0 Å². The first kappa shape index (κ1) is 13.0. The van der Waals surface area contributed by atoms with Crippen LogP contribution >= 0.6 is 0 Å². The molecular formula is C13H28N2. The minimum absolute atomic E-state index is 0.371. The van der Waals surface area contributed by atoms with Gasteiger partial charge in [0.2, 0.25) is 0 Å². The van der Waals surface area contributed by atoms with Crippen LogP contribution in [0.4, 0.5) is 0 Å². The van der Waals surface area contributed by atoms with E-state index in [1.165, 1.54) is 38.6 Å². The molecule has 0 aromatic heterocycles. The van der Waals surface area contributed by atoms with E-state index in [9.17, 15) is 0 Å². The van der Waals surface area contributed by atoms with Crippen molar-refractivity contribution >= 4 is 0 Å². The van der Waals surface area contributed by atoms with Gasteiger partial charge in [-0.25, -0.2) is 0 Å². The van der Waals surface area contributed by atoms with Crippen molar-refractivity contribution in [2.24, 2.45) is 11.7 Å². The first-order valence-electron chi connectivity index (χ1n) is 6.57. The van der Waals surface area contributed by atoms with Crippen LogP contribution < -0.4 is 5.73 Å². The Labute approximate surface area is 95.2 Å². The molecular weight excluding hydrogens is 184 g/mol. The summed E-state index contributed by atoms with van der Waals surface area (Å²) in [7, 11) is 2.27. The van der Waals surface area contributed by atoms with E-state index < -0.39 is 0 Å². The number of hydrogen-bond donors (Lipinski definition) is 1. The average molecular weight is 212 g/mol. The molecule has 1 aliphatic rings. The Bertz CT molecular complexity index is 162. The van der Waals surface area contributed by atoms with Crippen LogP contribution in [0, 0.1) is 5.92 Å². The Hall–Kier alpha value is -0.0800. The molecule has 0 radical (unpaired) electrons. The average Bonchev–Trinajstić information content (AvgIpc) is 2.26. The fourth-order valence-electron chi connectivity index (χ4n) is 2.39. The number of nitrogens with two attached hydrogens (primary N) is 1. The van der Waals surface area contributed by atoms with E-state index >= 15 is 0 Å². The fraction of sp³-hybridized carbons (Fsp3) is 1.00. The highest BCUT2D eigenvalue weighted by Gasteiger charge is 2.18. The van der Waals surface area contributed by atoms with Crippen molar-refractivity contribution in [3.05, 3.63) is 0 Å². The fourth-order valence-corrected chi connectivity index (χ4v) is 2.39. The van der Waals surface area contributed by atoms with Gasteiger partial charge in [-0.05, 0) is 38.8 Å².